The van der Waals surface area contributed by atoms with Crippen molar-refractivity contribution in [3.63, 3.8) is 0 Å². The second kappa shape index (κ2) is 7.76. The van der Waals surface area contributed by atoms with E-state index < -0.39 is 0 Å². The molecule has 0 aliphatic rings. The highest BCUT2D eigenvalue weighted by Gasteiger charge is 2.11. The van der Waals surface area contributed by atoms with Crippen molar-refractivity contribution in [1.82, 2.24) is 5.43 Å². The Labute approximate surface area is 114 Å². The Hall–Kier alpha value is -1.59. The summed E-state index contributed by atoms with van der Waals surface area (Å²) in [5, 5.41) is 0. The normalized spacial score (nSPS) is 12.3. The predicted molar refractivity (Wildman–Crippen MR) is 73.8 cm³/mol. The third kappa shape index (κ3) is 4.89. The second-order valence-corrected chi connectivity index (χ2v) is 4.64. The van der Waals surface area contributed by atoms with Gasteiger partial charge in [-0.1, -0.05) is 26.0 Å². The lowest BCUT2D eigenvalue weighted by Gasteiger charge is -2.17. The number of hydrazine groups is 1. The summed E-state index contributed by atoms with van der Waals surface area (Å²) in [6.45, 7) is 7.11. The van der Waals surface area contributed by atoms with Gasteiger partial charge in [0.15, 0.2) is 0 Å². The highest BCUT2D eigenvalue weighted by molar-refractivity contribution is 5.96. The van der Waals surface area contributed by atoms with Gasteiger partial charge in [0, 0.05) is 0 Å². The van der Waals surface area contributed by atoms with Gasteiger partial charge in [0.2, 0.25) is 0 Å². The van der Waals surface area contributed by atoms with E-state index in [1.807, 2.05) is 6.92 Å². The Balaban J connectivity index is 2.47. The lowest BCUT2D eigenvalue weighted by molar-refractivity contribution is 0.0186. The molecule has 0 spiro atoms. The number of para-hydroxylation sites is 1. The summed E-state index contributed by atoms with van der Waals surface area (Å²) in [5.41, 5.74) is 2.51. The largest absolute Gasteiger partial charge is 0.490 e. The van der Waals surface area contributed by atoms with Crippen LogP contribution in [-0.2, 0) is 4.74 Å². The number of hydrogen-bond acceptors (Lipinski definition) is 4. The number of rotatable bonds is 7. The third-order valence-corrected chi connectivity index (χ3v) is 2.92. The van der Waals surface area contributed by atoms with E-state index in [0.29, 0.717) is 30.4 Å². The quantitative estimate of drug-likeness (QED) is 0.341. The fraction of sp³-hybridized carbons (Fsp3) is 0.500. The number of hydrogen-bond donors (Lipinski definition) is 2. The van der Waals surface area contributed by atoms with Crippen LogP contribution >= 0.6 is 0 Å². The number of nitrogens with one attached hydrogen (secondary N) is 1. The average Bonchev–Trinajstić information content (AvgIpc) is 2.42. The minimum atomic E-state index is -0.368. The van der Waals surface area contributed by atoms with Crippen molar-refractivity contribution in [1.29, 1.82) is 0 Å². The molecule has 1 aromatic rings. The van der Waals surface area contributed by atoms with Crippen LogP contribution in [0.3, 0.4) is 0 Å². The summed E-state index contributed by atoms with van der Waals surface area (Å²) in [6, 6.07) is 6.96. The number of carbonyl (C=O) groups is 1. The van der Waals surface area contributed by atoms with Gasteiger partial charge in [0.25, 0.3) is 5.91 Å². The molecule has 0 aromatic heterocycles. The van der Waals surface area contributed by atoms with E-state index in [4.69, 9.17) is 15.3 Å². The smallest absolute Gasteiger partial charge is 0.268 e. The fourth-order valence-corrected chi connectivity index (χ4v) is 1.44. The van der Waals surface area contributed by atoms with Gasteiger partial charge in [0.05, 0.1) is 18.3 Å². The molecule has 1 aromatic carbocycles. The first kappa shape index (κ1) is 15.5. The zero-order valence-electron chi connectivity index (χ0n) is 11.7. The van der Waals surface area contributed by atoms with Crippen LogP contribution in [-0.4, -0.2) is 25.2 Å². The van der Waals surface area contributed by atoms with E-state index in [9.17, 15) is 4.79 Å². The molecule has 0 aliphatic carbocycles. The van der Waals surface area contributed by atoms with Crippen LogP contribution in [0, 0.1) is 5.92 Å². The van der Waals surface area contributed by atoms with Gasteiger partial charge in [-0.25, -0.2) is 5.84 Å². The van der Waals surface area contributed by atoms with Crippen LogP contribution in [0.15, 0.2) is 24.3 Å². The monoisotopic (exact) mass is 266 g/mol. The lowest BCUT2D eigenvalue weighted by Crippen LogP contribution is -2.30. The first-order valence-corrected chi connectivity index (χ1v) is 6.40. The first-order chi connectivity index (χ1) is 9.06. The molecule has 1 unspecified atom stereocenters. The molecule has 0 aliphatic heterocycles. The third-order valence-electron chi connectivity index (χ3n) is 2.92. The molecule has 0 fully saturated rings. The van der Waals surface area contributed by atoms with E-state index in [-0.39, 0.29) is 12.0 Å². The van der Waals surface area contributed by atoms with Crippen LogP contribution in [0.5, 0.6) is 5.75 Å². The maximum Gasteiger partial charge on any atom is 0.268 e. The molecule has 19 heavy (non-hydrogen) atoms. The molecule has 1 amide bonds. The van der Waals surface area contributed by atoms with Crippen molar-refractivity contribution in [3.8, 4) is 5.75 Å². The van der Waals surface area contributed by atoms with Gasteiger partial charge in [-0.2, -0.15) is 0 Å². The van der Waals surface area contributed by atoms with Crippen molar-refractivity contribution < 1.29 is 14.3 Å². The van der Waals surface area contributed by atoms with Crippen LogP contribution in [0.1, 0.15) is 31.1 Å². The van der Waals surface area contributed by atoms with E-state index >= 15 is 0 Å². The molecular formula is C14H22N2O3. The van der Waals surface area contributed by atoms with Crippen LogP contribution in [0.25, 0.3) is 0 Å². The highest BCUT2D eigenvalue weighted by Crippen LogP contribution is 2.17. The van der Waals surface area contributed by atoms with E-state index in [2.05, 4.69) is 19.3 Å². The molecule has 1 atom stereocenters. The topological polar surface area (TPSA) is 73.6 Å². The molecule has 3 N–H and O–H groups in total. The number of benzene rings is 1. The summed E-state index contributed by atoms with van der Waals surface area (Å²) in [7, 11) is 0. The molecule has 0 radical (unpaired) electrons. The Morgan fingerprint density at radius 3 is 2.58 bits per heavy atom. The maximum atomic E-state index is 11.5. The Kier molecular flexibility index (Phi) is 6.32. The van der Waals surface area contributed by atoms with E-state index in [1.54, 1.807) is 24.3 Å². The molecule has 1 rings (SSSR count). The summed E-state index contributed by atoms with van der Waals surface area (Å²) < 4.78 is 11.2. The van der Waals surface area contributed by atoms with Crippen molar-refractivity contribution in [2.45, 2.75) is 26.9 Å². The van der Waals surface area contributed by atoms with E-state index in [0.717, 1.165) is 0 Å². The zero-order valence-corrected chi connectivity index (χ0v) is 11.7. The minimum Gasteiger partial charge on any atom is -0.490 e. The Morgan fingerprint density at radius 2 is 1.95 bits per heavy atom. The average molecular weight is 266 g/mol. The van der Waals surface area contributed by atoms with E-state index in [1.165, 1.54) is 0 Å². The molecule has 0 bridgehead atoms. The standard InChI is InChI=1S/C14H22N2O3/c1-10(2)11(3)18-8-9-19-13-7-5-4-6-12(13)14(17)16-15/h4-7,10-11H,8-9,15H2,1-3H3,(H,16,17). The fourth-order valence-electron chi connectivity index (χ4n) is 1.44. The summed E-state index contributed by atoms with van der Waals surface area (Å²) in [4.78, 5) is 11.5. The minimum absolute atomic E-state index is 0.186. The molecule has 106 valence electrons. The number of nitrogens with two attached hydrogens (primary N) is 1. The van der Waals surface area contributed by atoms with Crippen LogP contribution < -0.4 is 16.0 Å². The molecule has 0 saturated heterocycles. The van der Waals surface area contributed by atoms with Crippen LogP contribution in [0.4, 0.5) is 0 Å². The number of ether oxygens (including phenoxy) is 2. The summed E-state index contributed by atoms with van der Waals surface area (Å²) in [5.74, 6) is 5.73. The summed E-state index contributed by atoms with van der Waals surface area (Å²) in [6.07, 6.45) is 0.186. The van der Waals surface area contributed by atoms with Gasteiger partial charge in [-0.05, 0) is 25.0 Å². The van der Waals surface area contributed by atoms with Crippen molar-refractivity contribution in [3.05, 3.63) is 29.8 Å². The Bertz CT molecular complexity index is 407. The SMILES string of the molecule is CC(C)C(C)OCCOc1ccccc1C(=O)NN. The predicted octanol–water partition coefficient (Wildman–Crippen LogP) is 1.73. The number of carbonyl (C=O) groups excluding carboxylic acids is 1. The Morgan fingerprint density at radius 1 is 1.26 bits per heavy atom. The number of nitrogen functional groups attached to an aromatic ring is 1. The first-order valence-electron chi connectivity index (χ1n) is 6.40. The maximum absolute atomic E-state index is 11.5. The van der Waals surface area contributed by atoms with Crippen molar-refractivity contribution in [2.24, 2.45) is 11.8 Å². The molecule has 0 saturated carbocycles. The van der Waals surface area contributed by atoms with Gasteiger partial charge in [-0.15, -0.1) is 0 Å². The lowest BCUT2D eigenvalue weighted by atomic mass is 10.1. The van der Waals surface area contributed by atoms with Gasteiger partial charge in [-0.3, -0.25) is 10.2 Å². The molecule has 0 heterocycles. The van der Waals surface area contributed by atoms with Crippen LogP contribution in [0.2, 0.25) is 0 Å². The number of amides is 1. The van der Waals surface area contributed by atoms with Gasteiger partial charge >= 0.3 is 0 Å². The molecular weight excluding hydrogens is 244 g/mol. The van der Waals surface area contributed by atoms with Crippen molar-refractivity contribution >= 4 is 5.91 Å². The highest BCUT2D eigenvalue weighted by atomic mass is 16.5. The second-order valence-electron chi connectivity index (χ2n) is 4.64. The van der Waals surface area contributed by atoms with Crippen molar-refractivity contribution in [2.75, 3.05) is 13.2 Å². The molecule has 5 nitrogen and oxygen atoms in total. The summed E-state index contributed by atoms with van der Waals surface area (Å²) >= 11 is 0. The van der Waals surface area contributed by atoms with Gasteiger partial charge in [0.1, 0.15) is 12.4 Å². The zero-order chi connectivity index (χ0) is 14.3. The van der Waals surface area contributed by atoms with Gasteiger partial charge < -0.3 is 9.47 Å². The molecule has 5 heteroatoms.